The first-order valence-corrected chi connectivity index (χ1v) is 5.47. The zero-order chi connectivity index (χ0) is 12.1. The SMILES string of the molecule is CCN(CC(=O)OC)c1ccc(C)c(C)c1. The van der Waals surface area contributed by atoms with Crippen molar-refractivity contribution in [1.29, 1.82) is 0 Å². The Hall–Kier alpha value is -1.51. The van der Waals surface area contributed by atoms with Crippen LogP contribution in [0.25, 0.3) is 0 Å². The van der Waals surface area contributed by atoms with Gasteiger partial charge in [-0.25, -0.2) is 0 Å². The number of esters is 1. The molecule has 16 heavy (non-hydrogen) atoms. The lowest BCUT2D eigenvalue weighted by Crippen LogP contribution is -2.30. The molecule has 88 valence electrons. The van der Waals surface area contributed by atoms with E-state index in [2.05, 4.69) is 30.7 Å². The molecular weight excluding hydrogens is 202 g/mol. The van der Waals surface area contributed by atoms with Crippen LogP contribution in [0.1, 0.15) is 18.1 Å². The third-order valence-corrected chi connectivity index (χ3v) is 2.78. The Bertz CT molecular complexity index is 374. The van der Waals surface area contributed by atoms with Crippen molar-refractivity contribution in [3.63, 3.8) is 0 Å². The Balaban J connectivity index is 2.86. The van der Waals surface area contributed by atoms with E-state index in [-0.39, 0.29) is 5.97 Å². The van der Waals surface area contributed by atoms with Crippen LogP contribution in [0.4, 0.5) is 5.69 Å². The monoisotopic (exact) mass is 221 g/mol. The van der Waals surface area contributed by atoms with Crippen molar-refractivity contribution in [2.24, 2.45) is 0 Å². The highest BCUT2D eigenvalue weighted by atomic mass is 16.5. The van der Waals surface area contributed by atoms with E-state index in [1.54, 1.807) is 0 Å². The molecule has 3 nitrogen and oxygen atoms in total. The molecular formula is C13H19NO2. The molecule has 0 aliphatic rings. The second-order valence-corrected chi connectivity index (χ2v) is 3.86. The summed E-state index contributed by atoms with van der Waals surface area (Å²) in [6, 6.07) is 6.21. The molecule has 0 atom stereocenters. The maximum atomic E-state index is 11.2. The van der Waals surface area contributed by atoms with Crippen LogP contribution < -0.4 is 4.90 Å². The fourth-order valence-electron chi connectivity index (χ4n) is 1.53. The summed E-state index contributed by atoms with van der Waals surface area (Å²) in [5.74, 6) is -0.208. The van der Waals surface area contributed by atoms with Crippen molar-refractivity contribution >= 4 is 11.7 Å². The molecule has 0 spiro atoms. The maximum Gasteiger partial charge on any atom is 0.325 e. The Morgan fingerprint density at radius 2 is 2.00 bits per heavy atom. The second-order valence-electron chi connectivity index (χ2n) is 3.86. The van der Waals surface area contributed by atoms with Gasteiger partial charge in [-0.15, -0.1) is 0 Å². The Morgan fingerprint density at radius 1 is 1.31 bits per heavy atom. The van der Waals surface area contributed by atoms with Crippen LogP contribution >= 0.6 is 0 Å². The van der Waals surface area contributed by atoms with Gasteiger partial charge >= 0.3 is 5.97 Å². The van der Waals surface area contributed by atoms with Gasteiger partial charge in [0.15, 0.2) is 0 Å². The van der Waals surface area contributed by atoms with Crippen LogP contribution in [0.2, 0.25) is 0 Å². The lowest BCUT2D eigenvalue weighted by molar-refractivity contribution is -0.138. The van der Waals surface area contributed by atoms with E-state index in [4.69, 9.17) is 0 Å². The van der Waals surface area contributed by atoms with Crippen molar-refractivity contribution in [3.8, 4) is 0 Å². The minimum atomic E-state index is -0.208. The third-order valence-electron chi connectivity index (χ3n) is 2.78. The maximum absolute atomic E-state index is 11.2. The van der Waals surface area contributed by atoms with Crippen molar-refractivity contribution in [3.05, 3.63) is 29.3 Å². The van der Waals surface area contributed by atoms with E-state index in [9.17, 15) is 4.79 Å². The number of carbonyl (C=O) groups is 1. The van der Waals surface area contributed by atoms with E-state index in [1.165, 1.54) is 18.2 Å². The average Bonchev–Trinajstić information content (AvgIpc) is 2.29. The molecule has 0 heterocycles. The van der Waals surface area contributed by atoms with Gasteiger partial charge in [0.05, 0.1) is 7.11 Å². The quantitative estimate of drug-likeness (QED) is 0.731. The highest BCUT2D eigenvalue weighted by Crippen LogP contribution is 2.18. The molecule has 0 amide bonds. The molecule has 1 aromatic carbocycles. The first-order chi connectivity index (χ1) is 7.58. The van der Waals surface area contributed by atoms with Crippen molar-refractivity contribution in [2.75, 3.05) is 25.1 Å². The molecule has 1 aromatic rings. The van der Waals surface area contributed by atoms with E-state index >= 15 is 0 Å². The smallest absolute Gasteiger partial charge is 0.325 e. The molecule has 0 fully saturated rings. The summed E-state index contributed by atoms with van der Waals surface area (Å²) < 4.78 is 4.68. The topological polar surface area (TPSA) is 29.5 Å². The molecule has 0 saturated carbocycles. The van der Waals surface area contributed by atoms with Gasteiger partial charge in [0.2, 0.25) is 0 Å². The van der Waals surface area contributed by atoms with Crippen LogP contribution in [-0.2, 0) is 9.53 Å². The van der Waals surface area contributed by atoms with Gasteiger partial charge < -0.3 is 9.64 Å². The number of likely N-dealkylation sites (N-methyl/N-ethyl adjacent to an activating group) is 1. The number of hydrogen-bond acceptors (Lipinski definition) is 3. The van der Waals surface area contributed by atoms with E-state index in [0.717, 1.165) is 12.2 Å². The predicted octanol–water partition coefficient (Wildman–Crippen LogP) is 2.30. The lowest BCUT2D eigenvalue weighted by atomic mass is 10.1. The summed E-state index contributed by atoms with van der Waals surface area (Å²) in [7, 11) is 1.41. The van der Waals surface area contributed by atoms with Crippen LogP contribution in [-0.4, -0.2) is 26.2 Å². The first kappa shape index (κ1) is 12.6. The number of carbonyl (C=O) groups excluding carboxylic acids is 1. The highest BCUT2D eigenvalue weighted by Gasteiger charge is 2.10. The summed E-state index contributed by atoms with van der Waals surface area (Å²) in [5.41, 5.74) is 3.56. The molecule has 0 saturated heterocycles. The zero-order valence-corrected chi connectivity index (χ0v) is 10.4. The molecule has 0 bridgehead atoms. The molecule has 0 aliphatic heterocycles. The summed E-state index contributed by atoms with van der Waals surface area (Å²) in [6.07, 6.45) is 0. The van der Waals surface area contributed by atoms with Gasteiger partial charge in [-0.1, -0.05) is 6.07 Å². The van der Waals surface area contributed by atoms with Crippen LogP contribution in [0.3, 0.4) is 0 Å². The largest absolute Gasteiger partial charge is 0.468 e. The number of nitrogens with zero attached hydrogens (tertiary/aromatic N) is 1. The fraction of sp³-hybridized carbons (Fsp3) is 0.462. The van der Waals surface area contributed by atoms with Gasteiger partial charge in [0.25, 0.3) is 0 Å². The number of rotatable bonds is 4. The van der Waals surface area contributed by atoms with Crippen LogP contribution in [0.5, 0.6) is 0 Å². The fourth-order valence-corrected chi connectivity index (χ4v) is 1.53. The van der Waals surface area contributed by atoms with Gasteiger partial charge in [0.1, 0.15) is 6.54 Å². The van der Waals surface area contributed by atoms with E-state index < -0.39 is 0 Å². The summed E-state index contributed by atoms with van der Waals surface area (Å²) in [4.78, 5) is 13.2. The van der Waals surface area contributed by atoms with Crippen LogP contribution in [0, 0.1) is 13.8 Å². The number of ether oxygens (including phenoxy) is 1. The Kier molecular flexibility index (Phi) is 4.35. The van der Waals surface area contributed by atoms with E-state index in [0.29, 0.717) is 6.54 Å². The first-order valence-electron chi connectivity index (χ1n) is 5.47. The Morgan fingerprint density at radius 3 is 2.50 bits per heavy atom. The molecule has 0 unspecified atom stereocenters. The van der Waals surface area contributed by atoms with Crippen LogP contribution in [0.15, 0.2) is 18.2 Å². The van der Waals surface area contributed by atoms with Gasteiger partial charge in [0, 0.05) is 12.2 Å². The number of anilines is 1. The number of hydrogen-bond donors (Lipinski definition) is 0. The van der Waals surface area contributed by atoms with Gasteiger partial charge in [-0.05, 0) is 44.0 Å². The lowest BCUT2D eigenvalue weighted by Gasteiger charge is -2.22. The third kappa shape index (κ3) is 2.99. The second kappa shape index (κ2) is 5.54. The number of benzene rings is 1. The molecule has 0 N–H and O–H groups in total. The minimum Gasteiger partial charge on any atom is -0.468 e. The summed E-state index contributed by atoms with van der Waals surface area (Å²) in [6.45, 7) is 7.27. The predicted molar refractivity (Wildman–Crippen MR) is 65.8 cm³/mol. The summed E-state index contributed by atoms with van der Waals surface area (Å²) >= 11 is 0. The zero-order valence-electron chi connectivity index (χ0n) is 10.4. The van der Waals surface area contributed by atoms with E-state index in [1.807, 2.05) is 17.9 Å². The number of methoxy groups -OCH3 is 1. The normalized spacial score (nSPS) is 10.0. The van der Waals surface area contributed by atoms with Crippen molar-refractivity contribution < 1.29 is 9.53 Å². The highest BCUT2D eigenvalue weighted by molar-refractivity contribution is 5.75. The molecule has 3 heteroatoms. The van der Waals surface area contributed by atoms with Crippen molar-refractivity contribution in [1.82, 2.24) is 0 Å². The van der Waals surface area contributed by atoms with Gasteiger partial charge in [-0.3, -0.25) is 4.79 Å². The standard InChI is InChI=1S/C13H19NO2/c1-5-14(9-13(15)16-4)12-7-6-10(2)11(3)8-12/h6-8H,5,9H2,1-4H3. The summed E-state index contributed by atoms with van der Waals surface area (Å²) in [5, 5.41) is 0. The molecule has 1 rings (SSSR count). The number of aryl methyl sites for hydroxylation is 2. The minimum absolute atomic E-state index is 0.208. The average molecular weight is 221 g/mol. The van der Waals surface area contributed by atoms with Crippen molar-refractivity contribution in [2.45, 2.75) is 20.8 Å². The molecule has 0 aromatic heterocycles. The molecule has 0 radical (unpaired) electrons. The van der Waals surface area contributed by atoms with Gasteiger partial charge in [-0.2, -0.15) is 0 Å². The molecule has 0 aliphatic carbocycles. The Labute approximate surface area is 97.0 Å².